The third kappa shape index (κ3) is 4.57. The van der Waals surface area contributed by atoms with Gasteiger partial charge in [-0.25, -0.2) is 13.2 Å². The molecule has 0 bridgehead atoms. The molecule has 0 aliphatic heterocycles. The van der Waals surface area contributed by atoms with Crippen LogP contribution in [0.1, 0.15) is 62.5 Å². The van der Waals surface area contributed by atoms with Crippen molar-refractivity contribution in [2.45, 2.75) is 51.4 Å². The summed E-state index contributed by atoms with van der Waals surface area (Å²) in [7, 11) is 0. The van der Waals surface area contributed by atoms with Crippen molar-refractivity contribution >= 4 is 16.8 Å². The first-order chi connectivity index (χ1) is 15.4. The number of benzene rings is 3. The second-order valence-electron chi connectivity index (χ2n) is 8.70. The zero-order chi connectivity index (χ0) is 22.8. The van der Waals surface area contributed by atoms with E-state index in [1.165, 1.54) is 48.9 Å². The first kappa shape index (κ1) is 22.5. The highest BCUT2D eigenvalue weighted by Crippen LogP contribution is 2.40. The Morgan fingerprint density at radius 1 is 0.906 bits per heavy atom. The number of hydrogen-bond acceptors (Lipinski definition) is 0. The van der Waals surface area contributed by atoms with Crippen LogP contribution in [0.15, 0.2) is 48.5 Å². The molecule has 0 aromatic heterocycles. The fourth-order valence-corrected chi connectivity index (χ4v) is 4.99. The van der Waals surface area contributed by atoms with E-state index in [0.29, 0.717) is 22.9 Å². The molecule has 0 heterocycles. The predicted molar refractivity (Wildman–Crippen MR) is 119 cm³/mol. The van der Waals surface area contributed by atoms with Crippen LogP contribution in [0.4, 0.5) is 22.0 Å². The molecule has 3 aromatic rings. The van der Waals surface area contributed by atoms with Gasteiger partial charge in [0.05, 0.1) is 5.56 Å². The van der Waals surface area contributed by atoms with Gasteiger partial charge >= 0.3 is 0 Å². The zero-order valence-electron chi connectivity index (χ0n) is 17.9. The first-order valence-electron chi connectivity index (χ1n) is 11.1. The lowest BCUT2D eigenvalue weighted by Crippen LogP contribution is -2.13. The summed E-state index contributed by atoms with van der Waals surface area (Å²) >= 11 is 0. The monoisotopic (exact) mass is 444 g/mol. The van der Waals surface area contributed by atoms with Gasteiger partial charge in [-0.1, -0.05) is 44.0 Å². The van der Waals surface area contributed by atoms with Gasteiger partial charge in [0.15, 0.2) is 0 Å². The Bertz CT molecular complexity index is 1130. The van der Waals surface area contributed by atoms with Gasteiger partial charge in [-0.05, 0) is 72.2 Å². The molecule has 1 saturated carbocycles. The van der Waals surface area contributed by atoms with E-state index >= 15 is 8.78 Å². The standard InChI is InChI=1S/C27H25F5/c1-2-3-16-4-6-17(7-5-16)21-13-23(28)26(24(29)14-21)19-10-11-22-18(12-19)8-9-20(27(22)32)15-25(30)31/h8-17H,2-7H2,1H3. The molecule has 0 saturated heterocycles. The van der Waals surface area contributed by atoms with Crippen molar-refractivity contribution in [3.63, 3.8) is 0 Å². The molecule has 168 valence electrons. The van der Waals surface area contributed by atoms with Gasteiger partial charge in [-0.3, -0.25) is 0 Å². The molecule has 0 nitrogen and oxygen atoms in total. The van der Waals surface area contributed by atoms with Crippen LogP contribution in [0.2, 0.25) is 0 Å². The smallest absolute Gasteiger partial charge is 0.206 e. The number of fused-ring (bicyclic) bond motifs is 1. The topological polar surface area (TPSA) is 0 Å². The summed E-state index contributed by atoms with van der Waals surface area (Å²) in [4.78, 5) is 0. The predicted octanol–water partition coefficient (Wildman–Crippen LogP) is 9.24. The van der Waals surface area contributed by atoms with Crippen molar-refractivity contribution in [3.8, 4) is 11.1 Å². The highest BCUT2D eigenvalue weighted by Gasteiger charge is 2.24. The SMILES string of the molecule is CCCC1CCC(c2cc(F)c(-c3ccc4c(F)c(C=C(F)F)ccc4c3)c(F)c2)CC1. The van der Waals surface area contributed by atoms with Crippen LogP contribution in [0.25, 0.3) is 28.0 Å². The molecule has 0 spiro atoms. The van der Waals surface area contributed by atoms with Gasteiger partial charge in [0, 0.05) is 17.0 Å². The maximum absolute atomic E-state index is 15.0. The molecule has 0 atom stereocenters. The van der Waals surface area contributed by atoms with Gasteiger partial charge < -0.3 is 0 Å². The molecule has 0 N–H and O–H groups in total. The molecule has 0 unspecified atom stereocenters. The molecule has 3 aromatic carbocycles. The minimum atomic E-state index is -2.00. The van der Waals surface area contributed by atoms with Crippen LogP contribution in [0, 0.1) is 23.4 Å². The summed E-state index contributed by atoms with van der Waals surface area (Å²) < 4.78 is 69.6. The van der Waals surface area contributed by atoms with Crippen LogP contribution in [0.3, 0.4) is 0 Å². The Morgan fingerprint density at radius 2 is 1.59 bits per heavy atom. The van der Waals surface area contributed by atoms with Gasteiger partial charge in [-0.2, -0.15) is 8.78 Å². The lowest BCUT2D eigenvalue weighted by Gasteiger charge is -2.29. The van der Waals surface area contributed by atoms with Crippen molar-refractivity contribution in [1.29, 1.82) is 0 Å². The minimum absolute atomic E-state index is 0.116. The normalized spacial score (nSPS) is 18.7. The van der Waals surface area contributed by atoms with Crippen molar-refractivity contribution in [3.05, 3.63) is 77.1 Å². The molecule has 0 radical (unpaired) electrons. The Balaban J connectivity index is 1.64. The summed E-state index contributed by atoms with van der Waals surface area (Å²) in [5, 5.41) is 0.499. The van der Waals surface area contributed by atoms with Gasteiger partial charge in [0.1, 0.15) is 17.5 Å². The van der Waals surface area contributed by atoms with Gasteiger partial charge in [0.25, 0.3) is 6.08 Å². The molecular weight excluding hydrogens is 419 g/mol. The van der Waals surface area contributed by atoms with E-state index in [2.05, 4.69) is 6.92 Å². The summed E-state index contributed by atoms with van der Waals surface area (Å²) in [6.07, 6.45) is 4.87. The molecule has 5 heteroatoms. The third-order valence-electron chi connectivity index (χ3n) is 6.62. The van der Waals surface area contributed by atoms with Crippen LogP contribution >= 0.6 is 0 Å². The van der Waals surface area contributed by atoms with E-state index in [4.69, 9.17) is 0 Å². The molecule has 1 fully saturated rings. The Kier molecular flexibility index (Phi) is 6.63. The average molecular weight is 444 g/mol. The number of rotatable bonds is 5. The highest BCUT2D eigenvalue weighted by molar-refractivity contribution is 5.89. The molecule has 1 aliphatic rings. The molecule has 32 heavy (non-hydrogen) atoms. The second kappa shape index (κ2) is 9.43. The first-order valence-corrected chi connectivity index (χ1v) is 11.1. The lowest BCUT2D eigenvalue weighted by atomic mass is 9.77. The lowest BCUT2D eigenvalue weighted by molar-refractivity contribution is 0.307. The van der Waals surface area contributed by atoms with Crippen molar-refractivity contribution in [1.82, 2.24) is 0 Å². The maximum atomic E-state index is 15.0. The zero-order valence-corrected chi connectivity index (χ0v) is 17.9. The minimum Gasteiger partial charge on any atom is -0.206 e. The highest BCUT2D eigenvalue weighted by atomic mass is 19.3. The average Bonchev–Trinajstić information content (AvgIpc) is 2.76. The largest absolute Gasteiger partial charge is 0.271 e. The van der Waals surface area contributed by atoms with E-state index in [1.807, 2.05) is 0 Å². The van der Waals surface area contributed by atoms with Crippen molar-refractivity contribution < 1.29 is 22.0 Å². The van der Waals surface area contributed by atoms with Crippen molar-refractivity contribution in [2.24, 2.45) is 5.92 Å². The quantitative estimate of drug-likeness (QED) is 0.344. The summed E-state index contributed by atoms with van der Waals surface area (Å²) in [6, 6.07) is 9.81. The van der Waals surface area contributed by atoms with Gasteiger partial charge in [0.2, 0.25) is 0 Å². The second-order valence-corrected chi connectivity index (χ2v) is 8.70. The Hall–Kier alpha value is -2.69. The van der Waals surface area contributed by atoms with E-state index in [1.54, 1.807) is 0 Å². The van der Waals surface area contributed by atoms with E-state index in [9.17, 15) is 13.2 Å². The fraction of sp³-hybridized carbons (Fsp3) is 0.333. The summed E-state index contributed by atoms with van der Waals surface area (Å²) in [6.45, 7) is 2.18. The van der Waals surface area contributed by atoms with Crippen LogP contribution in [-0.2, 0) is 0 Å². The van der Waals surface area contributed by atoms with Crippen LogP contribution in [0.5, 0.6) is 0 Å². The van der Waals surface area contributed by atoms with Gasteiger partial charge in [-0.15, -0.1) is 0 Å². The maximum Gasteiger partial charge on any atom is 0.271 e. The Morgan fingerprint density at radius 3 is 2.22 bits per heavy atom. The summed E-state index contributed by atoms with van der Waals surface area (Å²) in [5.74, 6) is -1.21. The molecule has 0 amide bonds. The van der Waals surface area contributed by atoms with E-state index in [-0.39, 0.29) is 28.0 Å². The van der Waals surface area contributed by atoms with Crippen molar-refractivity contribution in [2.75, 3.05) is 0 Å². The number of hydrogen-bond donors (Lipinski definition) is 0. The van der Waals surface area contributed by atoms with E-state index in [0.717, 1.165) is 32.1 Å². The summed E-state index contributed by atoms with van der Waals surface area (Å²) in [5.41, 5.74) is 0.579. The fourth-order valence-electron chi connectivity index (χ4n) is 4.99. The molecular formula is C27H25F5. The number of halogens is 5. The van der Waals surface area contributed by atoms with E-state index < -0.39 is 23.5 Å². The van der Waals surface area contributed by atoms with Crippen LogP contribution in [-0.4, -0.2) is 0 Å². The molecule has 4 rings (SSSR count). The third-order valence-corrected chi connectivity index (χ3v) is 6.62. The van der Waals surface area contributed by atoms with Crippen LogP contribution < -0.4 is 0 Å². The molecule has 1 aliphatic carbocycles. The Labute approximate surface area is 184 Å².